The van der Waals surface area contributed by atoms with Crippen molar-refractivity contribution in [1.29, 1.82) is 0 Å². The first-order chi connectivity index (χ1) is 9.97. The van der Waals surface area contributed by atoms with Crippen LogP contribution in [0.2, 0.25) is 10.0 Å². The Labute approximate surface area is 129 Å². The largest absolute Gasteiger partial charge is 0.506 e. The normalized spacial score (nSPS) is 11.0. The lowest BCUT2D eigenvalue weighted by Gasteiger charge is -2.09. The molecule has 0 radical (unpaired) electrons. The molecule has 1 aromatic heterocycles. The fraction of sp³-hybridized carbons (Fsp3) is 0. The van der Waals surface area contributed by atoms with Gasteiger partial charge in [-0.05, 0) is 29.8 Å². The molecule has 0 saturated carbocycles. The fourth-order valence-corrected chi connectivity index (χ4v) is 2.83. The van der Waals surface area contributed by atoms with Crippen molar-refractivity contribution < 1.29 is 5.11 Å². The predicted octanol–water partition coefficient (Wildman–Crippen LogP) is 3.79. The van der Waals surface area contributed by atoms with E-state index in [4.69, 9.17) is 28.9 Å². The Morgan fingerprint density at radius 2 is 1.76 bits per heavy atom. The van der Waals surface area contributed by atoms with Crippen LogP contribution in [0, 0.1) is 0 Å². The van der Waals surface area contributed by atoms with E-state index in [1.807, 2.05) is 0 Å². The molecule has 4 nitrogen and oxygen atoms in total. The van der Waals surface area contributed by atoms with Gasteiger partial charge >= 0.3 is 0 Å². The van der Waals surface area contributed by atoms with Gasteiger partial charge in [-0.2, -0.15) is 0 Å². The number of aromatic amines is 1. The molecular weight excluding hydrogens is 311 g/mol. The lowest BCUT2D eigenvalue weighted by atomic mass is 10.0. The van der Waals surface area contributed by atoms with Gasteiger partial charge in [0.15, 0.2) is 0 Å². The highest BCUT2D eigenvalue weighted by atomic mass is 35.5. The van der Waals surface area contributed by atoms with Gasteiger partial charge in [-0.3, -0.25) is 4.79 Å². The van der Waals surface area contributed by atoms with E-state index in [9.17, 15) is 9.90 Å². The molecule has 0 unspecified atom stereocenters. The Balaban J connectivity index is 2.39. The maximum Gasteiger partial charge on any atom is 0.260 e. The quantitative estimate of drug-likeness (QED) is 0.597. The highest BCUT2D eigenvalue weighted by Crippen LogP contribution is 2.37. The maximum atomic E-state index is 12.2. The van der Waals surface area contributed by atoms with Crippen molar-refractivity contribution >= 4 is 39.8 Å². The number of anilines is 1. The Morgan fingerprint density at radius 3 is 2.43 bits per heavy atom. The van der Waals surface area contributed by atoms with Crippen molar-refractivity contribution in [2.75, 3.05) is 5.73 Å². The zero-order chi connectivity index (χ0) is 15.1. The first-order valence-corrected chi connectivity index (χ1v) is 6.83. The van der Waals surface area contributed by atoms with Crippen LogP contribution in [0.5, 0.6) is 5.75 Å². The average molecular weight is 321 g/mol. The Bertz CT molecular complexity index is 902. The molecule has 6 heteroatoms. The minimum Gasteiger partial charge on any atom is -0.506 e. The Hall–Kier alpha value is -2.17. The monoisotopic (exact) mass is 320 g/mol. The first kappa shape index (κ1) is 13.8. The second-order valence-electron chi connectivity index (χ2n) is 4.61. The predicted molar refractivity (Wildman–Crippen MR) is 86.1 cm³/mol. The number of nitrogens with two attached hydrogens (primary N) is 1. The number of rotatable bonds is 1. The number of hydrogen-bond acceptors (Lipinski definition) is 3. The van der Waals surface area contributed by atoms with E-state index in [-0.39, 0.29) is 16.3 Å². The summed E-state index contributed by atoms with van der Waals surface area (Å²) in [5.74, 6) is -0.180. The smallest absolute Gasteiger partial charge is 0.260 e. The molecule has 3 rings (SSSR count). The zero-order valence-electron chi connectivity index (χ0n) is 10.7. The topological polar surface area (TPSA) is 79.1 Å². The fourth-order valence-electron chi connectivity index (χ4n) is 2.25. The Morgan fingerprint density at radius 1 is 1.10 bits per heavy atom. The van der Waals surface area contributed by atoms with Crippen LogP contribution in [0.1, 0.15) is 0 Å². The second-order valence-corrected chi connectivity index (χ2v) is 5.45. The molecule has 0 fully saturated rings. The summed E-state index contributed by atoms with van der Waals surface area (Å²) in [5, 5.41) is 11.4. The van der Waals surface area contributed by atoms with E-state index in [2.05, 4.69) is 4.98 Å². The van der Waals surface area contributed by atoms with E-state index in [1.54, 1.807) is 24.3 Å². The molecule has 0 aliphatic heterocycles. The van der Waals surface area contributed by atoms with Crippen LogP contribution in [-0.2, 0) is 0 Å². The third-order valence-corrected chi connectivity index (χ3v) is 3.72. The van der Waals surface area contributed by atoms with Crippen molar-refractivity contribution in [1.82, 2.24) is 4.98 Å². The van der Waals surface area contributed by atoms with Gasteiger partial charge in [0.2, 0.25) is 0 Å². The number of fused-ring (bicyclic) bond motifs is 1. The molecule has 3 aromatic rings. The lowest BCUT2D eigenvalue weighted by molar-refractivity contribution is 0.482. The number of hydrogen-bond donors (Lipinski definition) is 3. The molecule has 0 spiro atoms. The summed E-state index contributed by atoms with van der Waals surface area (Å²) in [4.78, 5) is 14.9. The van der Waals surface area contributed by atoms with Gasteiger partial charge in [0.05, 0.1) is 21.5 Å². The van der Waals surface area contributed by atoms with Crippen LogP contribution in [0.25, 0.3) is 22.0 Å². The number of aromatic nitrogens is 1. The SMILES string of the molecule is Nc1ccc(-c2c(O)c3c(Cl)cc(Cl)cc3[nH]c2=O)cc1. The molecule has 0 aliphatic carbocycles. The summed E-state index contributed by atoms with van der Waals surface area (Å²) < 4.78 is 0. The van der Waals surface area contributed by atoms with Crippen molar-refractivity contribution in [3.8, 4) is 16.9 Å². The third-order valence-electron chi connectivity index (χ3n) is 3.20. The van der Waals surface area contributed by atoms with Crippen molar-refractivity contribution in [2.24, 2.45) is 0 Å². The zero-order valence-corrected chi connectivity index (χ0v) is 12.2. The number of pyridine rings is 1. The minimum atomic E-state index is -0.428. The molecule has 0 aliphatic rings. The van der Waals surface area contributed by atoms with Gasteiger partial charge in [-0.15, -0.1) is 0 Å². The molecule has 0 saturated heterocycles. The van der Waals surface area contributed by atoms with E-state index >= 15 is 0 Å². The molecule has 4 N–H and O–H groups in total. The van der Waals surface area contributed by atoms with Crippen molar-refractivity contribution in [3.05, 3.63) is 56.8 Å². The summed E-state index contributed by atoms with van der Waals surface area (Å²) >= 11 is 12.0. The number of nitrogen functional groups attached to an aromatic ring is 1. The van der Waals surface area contributed by atoms with E-state index < -0.39 is 5.56 Å². The van der Waals surface area contributed by atoms with Crippen LogP contribution >= 0.6 is 23.2 Å². The summed E-state index contributed by atoms with van der Waals surface area (Å²) in [6, 6.07) is 9.68. The lowest BCUT2D eigenvalue weighted by Crippen LogP contribution is -2.09. The van der Waals surface area contributed by atoms with Gasteiger partial charge in [-0.1, -0.05) is 35.3 Å². The number of aromatic hydroxyl groups is 1. The summed E-state index contributed by atoms with van der Waals surface area (Å²) in [6.07, 6.45) is 0. The van der Waals surface area contributed by atoms with Gasteiger partial charge in [0.1, 0.15) is 5.75 Å². The van der Waals surface area contributed by atoms with Crippen LogP contribution < -0.4 is 11.3 Å². The first-order valence-electron chi connectivity index (χ1n) is 6.07. The highest BCUT2D eigenvalue weighted by molar-refractivity contribution is 6.39. The summed E-state index contributed by atoms with van der Waals surface area (Å²) in [7, 11) is 0. The van der Waals surface area contributed by atoms with Crippen molar-refractivity contribution in [2.45, 2.75) is 0 Å². The van der Waals surface area contributed by atoms with E-state index in [0.29, 0.717) is 27.2 Å². The van der Waals surface area contributed by atoms with Gasteiger partial charge in [0, 0.05) is 10.7 Å². The molecule has 21 heavy (non-hydrogen) atoms. The van der Waals surface area contributed by atoms with Gasteiger partial charge in [0.25, 0.3) is 5.56 Å². The molecule has 2 aromatic carbocycles. The summed E-state index contributed by atoms with van der Waals surface area (Å²) in [6.45, 7) is 0. The molecule has 0 amide bonds. The number of benzene rings is 2. The summed E-state index contributed by atoms with van der Waals surface area (Å²) in [5.41, 5.74) is 6.85. The number of halogens is 2. The maximum absolute atomic E-state index is 12.2. The molecular formula is C15H10Cl2N2O2. The number of H-pyrrole nitrogens is 1. The molecule has 0 atom stereocenters. The van der Waals surface area contributed by atoms with Gasteiger partial charge in [-0.25, -0.2) is 0 Å². The van der Waals surface area contributed by atoms with E-state index in [1.165, 1.54) is 12.1 Å². The van der Waals surface area contributed by atoms with Crippen LogP contribution in [0.15, 0.2) is 41.2 Å². The standard InChI is InChI=1S/C15H10Cl2N2O2/c16-8-5-10(17)13-11(6-8)19-15(21)12(14(13)20)7-1-3-9(18)4-2-7/h1-6H,18H2,(H2,19,20,21). The molecule has 106 valence electrons. The molecule has 1 heterocycles. The highest BCUT2D eigenvalue weighted by Gasteiger charge is 2.16. The Kier molecular flexibility index (Phi) is 3.27. The third kappa shape index (κ3) is 2.33. The minimum absolute atomic E-state index is 0.145. The van der Waals surface area contributed by atoms with Crippen LogP contribution in [0.3, 0.4) is 0 Å². The molecule has 0 bridgehead atoms. The van der Waals surface area contributed by atoms with Crippen molar-refractivity contribution in [3.63, 3.8) is 0 Å². The average Bonchev–Trinajstić information content (AvgIpc) is 2.39. The number of nitrogens with one attached hydrogen (secondary N) is 1. The van der Waals surface area contributed by atoms with Crippen LogP contribution in [0.4, 0.5) is 5.69 Å². The van der Waals surface area contributed by atoms with Crippen LogP contribution in [-0.4, -0.2) is 10.1 Å². The van der Waals surface area contributed by atoms with E-state index in [0.717, 1.165) is 0 Å². The second kappa shape index (κ2) is 4.98. The van der Waals surface area contributed by atoms with Gasteiger partial charge < -0.3 is 15.8 Å².